The maximum Gasteiger partial charge on any atom is 0.319 e. The van der Waals surface area contributed by atoms with Gasteiger partial charge in [-0.15, -0.1) is 11.3 Å². The van der Waals surface area contributed by atoms with E-state index in [1.807, 2.05) is 48.5 Å². The van der Waals surface area contributed by atoms with Crippen molar-refractivity contribution in [3.05, 3.63) is 48.5 Å². The van der Waals surface area contributed by atoms with Crippen molar-refractivity contribution >= 4 is 33.3 Å². The highest BCUT2D eigenvalue weighted by atomic mass is 32.1. The fourth-order valence-electron chi connectivity index (χ4n) is 3.37. The number of nitrogens with zero attached hydrogens (tertiary/aromatic N) is 1. The lowest BCUT2D eigenvalue weighted by atomic mass is 9.93. The third-order valence-corrected chi connectivity index (χ3v) is 5.82. The Morgan fingerprint density at radius 3 is 2.69 bits per heavy atom. The predicted octanol–water partition coefficient (Wildman–Crippen LogP) is 4.39. The number of rotatable bonds is 3. The summed E-state index contributed by atoms with van der Waals surface area (Å²) in [5, 5.41) is 16.8. The predicted molar refractivity (Wildman–Crippen MR) is 105 cm³/mol. The number of nitrogens with one attached hydrogen (secondary N) is 2. The zero-order valence-electron chi connectivity index (χ0n) is 14.3. The van der Waals surface area contributed by atoms with Crippen molar-refractivity contribution in [2.75, 3.05) is 5.32 Å². The van der Waals surface area contributed by atoms with Gasteiger partial charge in [-0.05, 0) is 37.1 Å². The first-order valence-corrected chi connectivity index (χ1v) is 9.73. The van der Waals surface area contributed by atoms with E-state index in [1.165, 1.54) is 0 Å². The minimum atomic E-state index is -0.464. The SMILES string of the molecule is O=C(Nc1ccccc1-c1nc2ccccc2s1)NC1CCCCC1O. The van der Waals surface area contributed by atoms with Crippen molar-refractivity contribution in [2.24, 2.45) is 0 Å². The summed E-state index contributed by atoms with van der Waals surface area (Å²) in [4.78, 5) is 17.1. The third-order valence-electron chi connectivity index (χ3n) is 4.75. The average Bonchev–Trinajstić information content (AvgIpc) is 3.08. The molecule has 3 N–H and O–H groups in total. The van der Waals surface area contributed by atoms with Crippen molar-refractivity contribution in [2.45, 2.75) is 37.8 Å². The van der Waals surface area contributed by atoms with Gasteiger partial charge < -0.3 is 15.7 Å². The van der Waals surface area contributed by atoms with Gasteiger partial charge in [0.25, 0.3) is 0 Å². The van der Waals surface area contributed by atoms with Crippen LogP contribution in [0.2, 0.25) is 0 Å². The standard InChI is InChI=1S/C20H21N3O2S/c24-17-11-5-3-9-15(17)23-20(25)22-14-8-2-1-7-13(14)19-21-16-10-4-6-12-18(16)26-19/h1-2,4,6-8,10,12,15,17,24H,3,5,9,11H2,(H2,22,23,25). The fourth-order valence-corrected chi connectivity index (χ4v) is 4.38. The van der Waals surface area contributed by atoms with Gasteiger partial charge in [0.1, 0.15) is 5.01 Å². The summed E-state index contributed by atoms with van der Waals surface area (Å²) in [5.41, 5.74) is 2.57. The van der Waals surface area contributed by atoms with E-state index in [-0.39, 0.29) is 12.1 Å². The van der Waals surface area contributed by atoms with Gasteiger partial charge in [0, 0.05) is 5.56 Å². The molecule has 26 heavy (non-hydrogen) atoms. The van der Waals surface area contributed by atoms with Crippen LogP contribution >= 0.6 is 11.3 Å². The van der Waals surface area contributed by atoms with Crippen LogP contribution in [-0.4, -0.2) is 28.3 Å². The summed E-state index contributed by atoms with van der Waals surface area (Å²) in [6, 6.07) is 15.2. The first-order chi connectivity index (χ1) is 12.7. The molecule has 4 rings (SSSR count). The number of urea groups is 1. The molecule has 1 fully saturated rings. The molecule has 1 aliphatic carbocycles. The monoisotopic (exact) mass is 367 g/mol. The van der Waals surface area contributed by atoms with Crippen LogP contribution < -0.4 is 10.6 Å². The third kappa shape index (κ3) is 3.57. The van der Waals surface area contributed by atoms with Gasteiger partial charge in [-0.2, -0.15) is 0 Å². The number of carbonyl (C=O) groups excluding carboxylic acids is 1. The summed E-state index contributed by atoms with van der Waals surface area (Å²) in [6.07, 6.45) is 3.14. The zero-order chi connectivity index (χ0) is 17.9. The highest BCUT2D eigenvalue weighted by Crippen LogP contribution is 2.34. The van der Waals surface area contributed by atoms with Crippen LogP contribution in [0.15, 0.2) is 48.5 Å². The molecule has 3 aromatic rings. The summed E-state index contributed by atoms with van der Waals surface area (Å²) in [5.74, 6) is 0. The lowest BCUT2D eigenvalue weighted by Crippen LogP contribution is -2.46. The molecule has 0 aliphatic heterocycles. The van der Waals surface area contributed by atoms with E-state index in [0.717, 1.165) is 46.5 Å². The summed E-state index contributed by atoms with van der Waals surface area (Å²) in [6.45, 7) is 0. The summed E-state index contributed by atoms with van der Waals surface area (Å²) in [7, 11) is 0. The number of hydrogen-bond donors (Lipinski definition) is 3. The average molecular weight is 367 g/mol. The Bertz CT molecular complexity index is 891. The molecule has 0 bridgehead atoms. The van der Waals surface area contributed by atoms with E-state index >= 15 is 0 Å². The molecule has 1 aliphatic rings. The smallest absolute Gasteiger partial charge is 0.319 e. The second-order valence-corrected chi connectivity index (χ2v) is 7.62. The van der Waals surface area contributed by atoms with E-state index in [9.17, 15) is 9.90 Å². The Kier molecular flexibility index (Phi) is 4.86. The van der Waals surface area contributed by atoms with E-state index in [4.69, 9.17) is 0 Å². The molecule has 2 unspecified atom stereocenters. The number of aromatic nitrogens is 1. The van der Waals surface area contributed by atoms with Crippen LogP contribution in [0.1, 0.15) is 25.7 Å². The Labute approximate surface area is 156 Å². The van der Waals surface area contributed by atoms with Crippen LogP contribution in [0.5, 0.6) is 0 Å². The molecule has 1 heterocycles. The zero-order valence-corrected chi connectivity index (χ0v) is 15.1. The topological polar surface area (TPSA) is 74.2 Å². The molecular weight excluding hydrogens is 346 g/mol. The number of aliphatic hydroxyl groups is 1. The second kappa shape index (κ2) is 7.43. The van der Waals surface area contributed by atoms with Crippen LogP contribution in [0.3, 0.4) is 0 Å². The van der Waals surface area contributed by atoms with Crippen LogP contribution in [0.25, 0.3) is 20.8 Å². The van der Waals surface area contributed by atoms with E-state index < -0.39 is 6.10 Å². The molecule has 6 heteroatoms. The van der Waals surface area contributed by atoms with Gasteiger partial charge in [-0.3, -0.25) is 0 Å². The molecule has 0 radical (unpaired) electrons. The number of benzene rings is 2. The van der Waals surface area contributed by atoms with Gasteiger partial charge in [0.2, 0.25) is 0 Å². The highest BCUT2D eigenvalue weighted by Gasteiger charge is 2.24. The number of thiazole rings is 1. The van der Waals surface area contributed by atoms with E-state index in [2.05, 4.69) is 15.6 Å². The van der Waals surface area contributed by atoms with Gasteiger partial charge in [-0.25, -0.2) is 9.78 Å². The molecule has 5 nitrogen and oxygen atoms in total. The van der Waals surface area contributed by atoms with E-state index in [0.29, 0.717) is 5.69 Å². The normalized spacial score (nSPS) is 20.0. The number of aliphatic hydroxyl groups excluding tert-OH is 1. The number of hydrogen-bond acceptors (Lipinski definition) is 4. The molecule has 134 valence electrons. The van der Waals surface area contributed by atoms with Gasteiger partial charge in [-0.1, -0.05) is 37.1 Å². The largest absolute Gasteiger partial charge is 0.391 e. The number of carbonyl (C=O) groups is 1. The highest BCUT2D eigenvalue weighted by molar-refractivity contribution is 7.21. The van der Waals surface area contributed by atoms with Crippen molar-refractivity contribution in [1.29, 1.82) is 0 Å². The van der Waals surface area contributed by atoms with Crippen LogP contribution in [0, 0.1) is 0 Å². The van der Waals surface area contributed by atoms with Crippen LogP contribution in [-0.2, 0) is 0 Å². The molecule has 2 atom stereocenters. The quantitative estimate of drug-likeness (QED) is 0.643. The van der Waals surface area contributed by atoms with Gasteiger partial charge >= 0.3 is 6.03 Å². The molecule has 1 saturated carbocycles. The molecule has 0 spiro atoms. The molecular formula is C20H21N3O2S. The summed E-state index contributed by atoms with van der Waals surface area (Å²) < 4.78 is 1.12. The first-order valence-electron chi connectivity index (χ1n) is 8.91. The Morgan fingerprint density at radius 2 is 1.85 bits per heavy atom. The van der Waals surface area contributed by atoms with E-state index in [1.54, 1.807) is 11.3 Å². The number of anilines is 1. The molecule has 2 aromatic carbocycles. The van der Waals surface area contributed by atoms with Gasteiger partial charge in [0.05, 0.1) is 28.0 Å². The van der Waals surface area contributed by atoms with Crippen molar-refractivity contribution < 1.29 is 9.90 Å². The Hall–Kier alpha value is -2.44. The Balaban J connectivity index is 1.54. The van der Waals surface area contributed by atoms with Crippen molar-refractivity contribution in [3.63, 3.8) is 0 Å². The minimum absolute atomic E-state index is 0.182. The maximum absolute atomic E-state index is 12.4. The molecule has 1 aromatic heterocycles. The Morgan fingerprint density at radius 1 is 1.08 bits per heavy atom. The lowest BCUT2D eigenvalue weighted by Gasteiger charge is -2.28. The van der Waals surface area contributed by atoms with Gasteiger partial charge in [0.15, 0.2) is 0 Å². The maximum atomic E-state index is 12.4. The van der Waals surface area contributed by atoms with Crippen LogP contribution in [0.4, 0.5) is 10.5 Å². The second-order valence-electron chi connectivity index (χ2n) is 6.59. The molecule has 0 saturated heterocycles. The molecule has 2 amide bonds. The number of fused-ring (bicyclic) bond motifs is 1. The van der Waals surface area contributed by atoms with Crippen molar-refractivity contribution in [1.82, 2.24) is 10.3 Å². The fraction of sp³-hybridized carbons (Fsp3) is 0.300. The minimum Gasteiger partial charge on any atom is -0.391 e. The first kappa shape index (κ1) is 17.0. The van der Waals surface area contributed by atoms with Crippen molar-refractivity contribution in [3.8, 4) is 10.6 Å². The number of para-hydroxylation sites is 2. The lowest BCUT2D eigenvalue weighted by molar-refractivity contribution is 0.0955. The number of amides is 2. The summed E-state index contributed by atoms with van der Waals surface area (Å²) >= 11 is 1.60.